The molecule has 0 aromatic carbocycles. The van der Waals surface area contributed by atoms with Crippen LogP contribution in [0.2, 0.25) is 0 Å². The van der Waals surface area contributed by atoms with E-state index in [1.54, 1.807) is 0 Å². The second kappa shape index (κ2) is 71.3. The molecule has 0 saturated heterocycles. The summed E-state index contributed by atoms with van der Waals surface area (Å²) in [6, 6.07) is 0. The Labute approximate surface area is 516 Å². The van der Waals surface area contributed by atoms with Gasteiger partial charge in [0.2, 0.25) is 0 Å². The van der Waals surface area contributed by atoms with Gasteiger partial charge in [-0.3, -0.25) is 14.4 Å². The maximum Gasteiger partial charge on any atom is 0.306 e. The zero-order valence-electron chi connectivity index (χ0n) is 55.5. The number of hydrogen-bond donors (Lipinski definition) is 0. The van der Waals surface area contributed by atoms with Gasteiger partial charge in [-0.25, -0.2) is 0 Å². The maximum atomic E-state index is 12.9. The topological polar surface area (TPSA) is 78.9 Å². The Hall–Kier alpha value is -3.15. The lowest BCUT2D eigenvalue weighted by Crippen LogP contribution is -2.30. The molecular weight excluding hydrogens is 1020 g/mol. The summed E-state index contributed by atoms with van der Waals surface area (Å²) >= 11 is 0. The second-order valence-corrected chi connectivity index (χ2v) is 24.5. The lowest BCUT2D eigenvalue weighted by atomic mass is 10.0. The third kappa shape index (κ3) is 69.5. The summed E-state index contributed by atoms with van der Waals surface area (Å²) in [7, 11) is 0. The van der Waals surface area contributed by atoms with E-state index in [4.69, 9.17) is 14.2 Å². The SMILES string of the molecule is CC/C=C\C/C=C\C/C=C\C/C=C\CCC(=O)OCC(COC(=O)CCCCCCCCCCCCCCCCCCC/C=C\CCCCCCCCCC)OC(=O)CCCCCCCCCCCCC/C=C\CCCCCCCCCC. The van der Waals surface area contributed by atoms with E-state index < -0.39 is 6.10 Å². The average Bonchev–Trinajstić information content (AvgIpc) is 3.49. The third-order valence-electron chi connectivity index (χ3n) is 16.2. The van der Waals surface area contributed by atoms with Crippen LogP contribution in [0.5, 0.6) is 0 Å². The lowest BCUT2D eigenvalue weighted by Gasteiger charge is -2.18. The van der Waals surface area contributed by atoms with Crippen molar-refractivity contribution in [2.24, 2.45) is 0 Å². The first kappa shape index (κ1) is 79.8. The van der Waals surface area contributed by atoms with Gasteiger partial charge in [0.15, 0.2) is 6.10 Å². The highest BCUT2D eigenvalue weighted by molar-refractivity contribution is 5.71. The van der Waals surface area contributed by atoms with E-state index in [1.165, 1.54) is 270 Å². The average molecular weight is 1160 g/mol. The zero-order chi connectivity index (χ0) is 59.9. The predicted molar refractivity (Wildman–Crippen MR) is 362 cm³/mol. The van der Waals surface area contributed by atoms with Gasteiger partial charge >= 0.3 is 17.9 Å². The van der Waals surface area contributed by atoms with E-state index in [2.05, 4.69) is 87.6 Å². The summed E-state index contributed by atoms with van der Waals surface area (Å²) in [6.45, 7) is 6.52. The van der Waals surface area contributed by atoms with Gasteiger partial charge in [-0.15, -0.1) is 0 Å². The molecule has 0 amide bonds. The number of esters is 3. The van der Waals surface area contributed by atoms with Crippen molar-refractivity contribution in [3.05, 3.63) is 72.9 Å². The molecule has 0 N–H and O–H groups in total. The van der Waals surface area contributed by atoms with Crippen LogP contribution in [0.15, 0.2) is 72.9 Å². The van der Waals surface area contributed by atoms with E-state index in [1.807, 2.05) is 6.08 Å². The molecule has 0 aliphatic heterocycles. The van der Waals surface area contributed by atoms with Crippen molar-refractivity contribution in [2.75, 3.05) is 13.2 Å². The van der Waals surface area contributed by atoms with E-state index in [9.17, 15) is 14.4 Å². The van der Waals surface area contributed by atoms with Gasteiger partial charge in [0.05, 0.1) is 0 Å². The zero-order valence-corrected chi connectivity index (χ0v) is 55.5. The van der Waals surface area contributed by atoms with Crippen LogP contribution >= 0.6 is 0 Å². The van der Waals surface area contributed by atoms with Gasteiger partial charge in [0, 0.05) is 19.3 Å². The minimum absolute atomic E-state index is 0.0943. The minimum Gasteiger partial charge on any atom is -0.462 e. The molecule has 83 heavy (non-hydrogen) atoms. The Kier molecular flexibility index (Phi) is 68.6. The van der Waals surface area contributed by atoms with Crippen LogP contribution in [0.4, 0.5) is 0 Å². The fraction of sp³-hybridized carbons (Fsp3) is 0.805. The highest BCUT2D eigenvalue weighted by Gasteiger charge is 2.19. The molecule has 0 bridgehead atoms. The summed E-state index contributed by atoms with van der Waals surface area (Å²) in [4.78, 5) is 38.4. The first-order chi connectivity index (χ1) is 41.0. The molecule has 482 valence electrons. The first-order valence-electron chi connectivity index (χ1n) is 36.4. The summed E-state index contributed by atoms with van der Waals surface area (Å²) in [6.07, 6.45) is 94.0. The largest absolute Gasteiger partial charge is 0.462 e. The Morgan fingerprint density at radius 2 is 0.494 bits per heavy atom. The van der Waals surface area contributed by atoms with Gasteiger partial charge in [-0.2, -0.15) is 0 Å². The van der Waals surface area contributed by atoms with Gasteiger partial charge in [0.25, 0.3) is 0 Å². The molecule has 1 atom stereocenters. The van der Waals surface area contributed by atoms with Gasteiger partial charge in [-0.1, -0.05) is 338 Å². The van der Waals surface area contributed by atoms with Crippen LogP contribution in [0.1, 0.15) is 380 Å². The van der Waals surface area contributed by atoms with Crippen molar-refractivity contribution in [1.82, 2.24) is 0 Å². The molecule has 0 saturated carbocycles. The summed E-state index contributed by atoms with van der Waals surface area (Å²) in [5.41, 5.74) is 0. The van der Waals surface area contributed by atoms with E-state index in [-0.39, 0.29) is 37.5 Å². The molecule has 0 spiro atoms. The Bertz CT molecular complexity index is 1520. The van der Waals surface area contributed by atoms with Crippen LogP contribution in [0.3, 0.4) is 0 Å². The molecule has 1 unspecified atom stereocenters. The molecule has 6 heteroatoms. The van der Waals surface area contributed by atoms with Crippen LogP contribution in [0, 0.1) is 0 Å². The molecule has 0 aromatic heterocycles. The summed E-state index contributed by atoms with van der Waals surface area (Å²) in [5, 5.41) is 0. The molecule has 0 aromatic rings. The normalized spacial score (nSPS) is 12.5. The number of unbranched alkanes of at least 4 members (excludes halogenated alkanes) is 44. The van der Waals surface area contributed by atoms with Crippen LogP contribution in [0.25, 0.3) is 0 Å². The van der Waals surface area contributed by atoms with Crippen LogP contribution < -0.4 is 0 Å². The van der Waals surface area contributed by atoms with E-state index >= 15 is 0 Å². The van der Waals surface area contributed by atoms with Crippen molar-refractivity contribution in [1.29, 1.82) is 0 Å². The number of carbonyl (C=O) groups is 3. The monoisotopic (exact) mass is 1160 g/mol. The van der Waals surface area contributed by atoms with Gasteiger partial charge in [0.1, 0.15) is 13.2 Å². The third-order valence-corrected chi connectivity index (χ3v) is 16.2. The molecular formula is C77H138O6. The standard InChI is InChI=1S/C77H138O6/c1-4-7-10-13-16-19-22-25-27-29-31-33-35-36-37-38-39-40-42-43-45-47-49-52-55-58-61-64-67-70-76(79)82-73-74(72-81-75(78)69-66-63-60-57-54-51-24-21-18-15-12-9-6-3)83-77(80)71-68-65-62-59-56-53-50-48-46-44-41-34-32-30-28-26-23-20-17-14-11-8-5-2/h9,12,18,21,29-32,51,54,60,63,74H,4-8,10-11,13-17,19-20,22-28,33-50,52-53,55-59,61-62,64-73H2,1-3H3/b12-9-,21-18-,31-29-,32-30-,54-51-,63-60-. The Morgan fingerprint density at radius 1 is 0.253 bits per heavy atom. The number of ether oxygens (including phenoxy) is 3. The number of rotatable bonds is 67. The Balaban J connectivity index is 4.23. The van der Waals surface area contributed by atoms with Gasteiger partial charge < -0.3 is 14.2 Å². The minimum atomic E-state index is -0.805. The molecule has 0 aliphatic rings. The second-order valence-electron chi connectivity index (χ2n) is 24.5. The van der Waals surface area contributed by atoms with Crippen LogP contribution in [-0.4, -0.2) is 37.2 Å². The van der Waals surface area contributed by atoms with Crippen molar-refractivity contribution < 1.29 is 28.6 Å². The quantitative estimate of drug-likeness (QED) is 0.0261. The van der Waals surface area contributed by atoms with Crippen molar-refractivity contribution in [3.8, 4) is 0 Å². The predicted octanol–water partition coefficient (Wildman–Crippen LogP) is 25.2. The van der Waals surface area contributed by atoms with E-state index in [0.717, 1.165) is 64.2 Å². The smallest absolute Gasteiger partial charge is 0.306 e. The van der Waals surface area contributed by atoms with E-state index in [0.29, 0.717) is 19.3 Å². The first-order valence-corrected chi connectivity index (χ1v) is 36.4. The van der Waals surface area contributed by atoms with Crippen LogP contribution in [-0.2, 0) is 28.6 Å². The van der Waals surface area contributed by atoms with Crippen molar-refractivity contribution >= 4 is 17.9 Å². The highest BCUT2D eigenvalue weighted by atomic mass is 16.6. The van der Waals surface area contributed by atoms with Crippen molar-refractivity contribution in [2.45, 2.75) is 386 Å². The number of hydrogen-bond acceptors (Lipinski definition) is 6. The summed E-state index contributed by atoms with van der Waals surface area (Å²) in [5.74, 6) is -0.960. The summed E-state index contributed by atoms with van der Waals surface area (Å²) < 4.78 is 16.9. The Morgan fingerprint density at radius 3 is 0.807 bits per heavy atom. The fourth-order valence-corrected chi connectivity index (χ4v) is 10.7. The molecule has 0 heterocycles. The molecule has 0 rings (SSSR count). The van der Waals surface area contributed by atoms with Gasteiger partial charge in [-0.05, 0) is 96.3 Å². The fourth-order valence-electron chi connectivity index (χ4n) is 10.7. The molecule has 0 radical (unpaired) electrons. The molecule has 0 fully saturated rings. The number of allylic oxidation sites excluding steroid dienone is 12. The maximum absolute atomic E-state index is 12.9. The molecule has 0 aliphatic carbocycles. The lowest BCUT2D eigenvalue weighted by molar-refractivity contribution is -0.166. The van der Waals surface area contributed by atoms with Crippen molar-refractivity contribution in [3.63, 3.8) is 0 Å². The highest BCUT2D eigenvalue weighted by Crippen LogP contribution is 2.18. The molecule has 6 nitrogen and oxygen atoms in total. The number of carbonyl (C=O) groups excluding carboxylic acids is 3.